The second-order valence-corrected chi connectivity index (χ2v) is 5.17. The van der Waals surface area contributed by atoms with E-state index in [4.69, 9.17) is 11.6 Å². The highest BCUT2D eigenvalue weighted by Gasteiger charge is 2.14. The average Bonchev–Trinajstić information content (AvgIpc) is 2.35. The molecule has 0 amide bonds. The highest BCUT2D eigenvalue weighted by Crippen LogP contribution is 2.32. The Morgan fingerprint density at radius 2 is 1.61 bits per heavy atom. The summed E-state index contributed by atoms with van der Waals surface area (Å²) >= 11 is 6.47. The molecule has 2 aromatic carbocycles. The van der Waals surface area contributed by atoms with Crippen LogP contribution in [-0.4, -0.2) is 0 Å². The first-order chi connectivity index (χ1) is 8.49. The average molecular weight is 263 g/mol. The standard InChI is InChI=1S/C16H16ClF/c1-10-4-5-11(2)14(8-10)16(17)13-7-6-12(3)15(18)9-13/h4-9,16H,1-3H3. The van der Waals surface area contributed by atoms with E-state index in [2.05, 4.69) is 12.1 Å². The molecule has 0 aliphatic rings. The number of hydrogen-bond acceptors (Lipinski definition) is 0. The molecular formula is C16H16ClF. The zero-order valence-corrected chi connectivity index (χ0v) is 11.6. The van der Waals surface area contributed by atoms with Crippen molar-refractivity contribution >= 4 is 11.6 Å². The fourth-order valence-corrected chi connectivity index (χ4v) is 2.35. The van der Waals surface area contributed by atoms with Crippen LogP contribution in [0.5, 0.6) is 0 Å². The summed E-state index contributed by atoms with van der Waals surface area (Å²) in [6, 6.07) is 11.3. The van der Waals surface area contributed by atoms with Crippen LogP contribution in [0.4, 0.5) is 4.39 Å². The Morgan fingerprint density at radius 3 is 2.28 bits per heavy atom. The van der Waals surface area contributed by atoms with Crippen LogP contribution in [0.15, 0.2) is 36.4 Å². The second kappa shape index (κ2) is 5.11. The summed E-state index contributed by atoms with van der Waals surface area (Å²) in [6.07, 6.45) is 0. The Morgan fingerprint density at radius 1 is 0.944 bits per heavy atom. The van der Waals surface area contributed by atoms with E-state index >= 15 is 0 Å². The van der Waals surface area contributed by atoms with E-state index in [9.17, 15) is 4.39 Å². The SMILES string of the molecule is Cc1ccc(C)c(C(Cl)c2ccc(C)c(F)c2)c1. The maximum atomic E-state index is 13.6. The van der Waals surface area contributed by atoms with Crippen LogP contribution in [0.1, 0.15) is 33.2 Å². The highest BCUT2D eigenvalue weighted by molar-refractivity contribution is 6.22. The van der Waals surface area contributed by atoms with E-state index in [1.165, 1.54) is 6.07 Å². The van der Waals surface area contributed by atoms with Crippen LogP contribution in [-0.2, 0) is 0 Å². The Bertz CT molecular complexity index is 575. The van der Waals surface area contributed by atoms with Crippen molar-refractivity contribution in [2.75, 3.05) is 0 Å². The third kappa shape index (κ3) is 2.56. The lowest BCUT2D eigenvalue weighted by molar-refractivity contribution is 0.616. The first-order valence-electron chi connectivity index (χ1n) is 5.96. The van der Waals surface area contributed by atoms with Gasteiger partial charge in [-0.2, -0.15) is 0 Å². The third-order valence-corrected chi connectivity index (χ3v) is 3.68. The summed E-state index contributed by atoms with van der Waals surface area (Å²) in [5.74, 6) is -0.205. The number of hydrogen-bond donors (Lipinski definition) is 0. The number of rotatable bonds is 2. The Balaban J connectivity index is 2.44. The van der Waals surface area contributed by atoms with Crippen molar-refractivity contribution in [2.24, 2.45) is 0 Å². The zero-order valence-electron chi connectivity index (χ0n) is 10.8. The lowest BCUT2D eigenvalue weighted by Gasteiger charge is -2.14. The van der Waals surface area contributed by atoms with E-state index in [0.29, 0.717) is 5.56 Å². The quantitative estimate of drug-likeness (QED) is 0.662. The molecule has 0 nitrogen and oxygen atoms in total. The minimum atomic E-state index is -0.306. The minimum Gasteiger partial charge on any atom is -0.207 e. The van der Waals surface area contributed by atoms with Gasteiger partial charge in [0.1, 0.15) is 5.82 Å². The lowest BCUT2D eigenvalue weighted by atomic mass is 9.97. The van der Waals surface area contributed by atoms with Crippen LogP contribution in [0.3, 0.4) is 0 Å². The lowest BCUT2D eigenvalue weighted by Crippen LogP contribution is -1.98. The number of alkyl halides is 1. The van der Waals surface area contributed by atoms with Crippen LogP contribution >= 0.6 is 11.6 Å². The van der Waals surface area contributed by atoms with Crippen LogP contribution < -0.4 is 0 Å². The predicted molar refractivity (Wildman–Crippen MR) is 74.7 cm³/mol. The van der Waals surface area contributed by atoms with Gasteiger partial charge in [0, 0.05) is 0 Å². The molecule has 0 aliphatic heterocycles. The summed E-state index contributed by atoms with van der Waals surface area (Å²) in [5.41, 5.74) is 4.77. The first kappa shape index (κ1) is 13.1. The maximum absolute atomic E-state index is 13.6. The van der Waals surface area contributed by atoms with E-state index in [1.54, 1.807) is 13.0 Å². The molecule has 1 atom stereocenters. The molecule has 94 valence electrons. The molecule has 0 N–H and O–H groups in total. The van der Waals surface area contributed by atoms with Gasteiger partial charge < -0.3 is 0 Å². The van der Waals surface area contributed by atoms with Crippen molar-refractivity contribution in [3.63, 3.8) is 0 Å². The smallest absolute Gasteiger partial charge is 0.126 e. The third-order valence-electron chi connectivity index (χ3n) is 3.20. The van der Waals surface area contributed by atoms with E-state index in [-0.39, 0.29) is 11.2 Å². The molecule has 0 saturated carbocycles. The van der Waals surface area contributed by atoms with Crippen molar-refractivity contribution in [3.8, 4) is 0 Å². The molecule has 0 spiro atoms. The van der Waals surface area contributed by atoms with Crippen LogP contribution in [0.25, 0.3) is 0 Å². The molecule has 2 aromatic rings. The van der Waals surface area contributed by atoms with Crippen LogP contribution in [0.2, 0.25) is 0 Å². The predicted octanol–water partition coefficient (Wildman–Crippen LogP) is 5.08. The van der Waals surface area contributed by atoms with E-state index < -0.39 is 0 Å². The van der Waals surface area contributed by atoms with Gasteiger partial charge in [0.15, 0.2) is 0 Å². The molecule has 1 unspecified atom stereocenters. The summed E-state index contributed by atoms with van der Waals surface area (Å²) in [6.45, 7) is 5.80. The fourth-order valence-electron chi connectivity index (χ4n) is 1.98. The molecule has 0 fully saturated rings. The Kier molecular flexibility index (Phi) is 3.72. The molecule has 0 aliphatic carbocycles. The molecule has 0 saturated heterocycles. The second-order valence-electron chi connectivity index (χ2n) is 4.73. The molecule has 2 heteroatoms. The van der Waals surface area contributed by atoms with Gasteiger partial charge in [-0.05, 0) is 49.1 Å². The van der Waals surface area contributed by atoms with Crippen LogP contribution in [0, 0.1) is 26.6 Å². The topological polar surface area (TPSA) is 0 Å². The van der Waals surface area contributed by atoms with Gasteiger partial charge in [-0.15, -0.1) is 11.6 Å². The molecule has 0 heterocycles. The monoisotopic (exact) mass is 262 g/mol. The zero-order chi connectivity index (χ0) is 13.3. The number of aryl methyl sites for hydroxylation is 3. The minimum absolute atomic E-state index is 0.205. The summed E-state index contributed by atoms with van der Waals surface area (Å²) in [4.78, 5) is 0. The van der Waals surface area contributed by atoms with E-state index in [0.717, 1.165) is 22.3 Å². The largest absolute Gasteiger partial charge is 0.207 e. The molecule has 0 bridgehead atoms. The summed E-state index contributed by atoms with van der Waals surface area (Å²) < 4.78 is 13.6. The maximum Gasteiger partial charge on any atom is 0.126 e. The first-order valence-corrected chi connectivity index (χ1v) is 6.40. The Hall–Kier alpha value is -1.34. The highest BCUT2D eigenvalue weighted by atomic mass is 35.5. The summed E-state index contributed by atoms with van der Waals surface area (Å²) in [5, 5.41) is -0.306. The molecule has 2 rings (SSSR count). The molecule has 0 radical (unpaired) electrons. The van der Waals surface area contributed by atoms with Gasteiger partial charge in [0.05, 0.1) is 5.38 Å². The van der Waals surface area contributed by atoms with Gasteiger partial charge in [-0.25, -0.2) is 4.39 Å². The van der Waals surface area contributed by atoms with E-state index in [1.807, 2.05) is 26.0 Å². The molecule has 18 heavy (non-hydrogen) atoms. The number of benzene rings is 2. The van der Waals surface area contributed by atoms with Crippen molar-refractivity contribution in [1.29, 1.82) is 0 Å². The van der Waals surface area contributed by atoms with Gasteiger partial charge >= 0.3 is 0 Å². The van der Waals surface area contributed by atoms with Crippen molar-refractivity contribution < 1.29 is 4.39 Å². The molecular weight excluding hydrogens is 247 g/mol. The molecule has 0 aromatic heterocycles. The van der Waals surface area contributed by atoms with Crippen molar-refractivity contribution in [1.82, 2.24) is 0 Å². The van der Waals surface area contributed by atoms with Gasteiger partial charge in [-0.1, -0.05) is 35.9 Å². The van der Waals surface area contributed by atoms with Crippen molar-refractivity contribution in [2.45, 2.75) is 26.1 Å². The van der Waals surface area contributed by atoms with Crippen molar-refractivity contribution in [3.05, 3.63) is 70.0 Å². The summed E-state index contributed by atoms with van der Waals surface area (Å²) in [7, 11) is 0. The van der Waals surface area contributed by atoms with Gasteiger partial charge in [0.25, 0.3) is 0 Å². The fraction of sp³-hybridized carbons (Fsp3) is 0.250. The van der Waals surface area contributed by atoms with Gasteiger partial charge in [-0.3, -0.25) is 0 Å². The normalized spacial score (nSPS) is 12.5. The number of halogens is 2. The van der Waals surface area contributed by atoms with Gasteiger partial charge in [0.2, 0.25) is 0 Å². The Labute approximate surface area is 112 Å².